The van der Waals surface area contributed by atoms with Gasteiger partial charge in [0.15, 0.2) is 11.5 Å². The van der Waals surface area contributed by atoms with Crippen LogP contribution in [0.2, 0.25) is 0 Å². The lowest BCUT2D eigenvalue weighted by atomic mass is 10.1. The molecule has 1 aliphatic heterocycles. The molecule has 0 bridgehead atoms. The third-order valence-electron chi connectivity index (χ3n) is 6.87. The summed E-state index contributed by atoms with van der Waals surface area (Å²) in [6.45, 7) is 3.90. The van der Waals surface area contributed by atoms with Crippen molar-refractivity contribution in [3.8, 4) is 28.7 Å². The van der Waals surface area contributed by atoms with Crippen molar-refractivity contribution in [2.24, 2.45) is 0 Å². The second-order valence-corrected chi connectivity index (χ2v) is 10.6. The van der Waals surface area contributed by atoms with Gasteiger partial charge in [-0.15, -0.1) is 0 Å². The number of para-hydroxylation sites is 1. The minimum atomic E-state index is -0.221. The van der Waals surface area contributed by atoms with Crippen LogP contribution in [0.5, 0.6) is 28.7 Å². The zero-order valence-electron chi connectivity index (χ0n) is 24.1. The van der Waals surface area contributed by atoms with Gasteiger partial charge in [0.05, 0.1) is 40.7 Å². The van der Waals surface area contributed by atoms with E-state index in [2.05, 4.69) is 11.9 Å². The molecule has 1 atom stereocenters. The maximum Gasteiger partial charge on any atom is 0.225 e. The number of thioether (sulfide) groups is 1. The molecule has 3 aromatic rings. The highest BCUT2D eigenvalue weighted by atomic mass is 32.2. The summed E-state index contributed by atoms with van der Waals surface area (Å²) in [5.41, 5.74) is 2.96. The Kier molecular flexibility index (Phi) is 10.1. The first-order valence-electron chi connectivity index (χ1n) is 13.2. The Morgan fingerprint density at radius 3 is 2.27 bits per heavy atom. The molecule has 1 amide bonds. The van der Waals surface area contributed by atoms with Crippen molar-refractivity contribution in [3.05, 3.63) is 65.7 Å². The molecule has 1 unspecified atom stereocenters. The van der Waals surface area contributed by atoms with Crippen molar-refractivity contribution < 1.29 is 28.5 Å². The topological polar surface area (TPSA) is 69.7 Å². The van der Waals surface area contributed by atoms with Crippen LogP contribution in [-0.4, -0.2) is 66.0 Å². The molecule has 0 radical (unpaired) electrons. The first kappa shape index (κ1) is 29.4. The Morgan fingerprint density at radius 1 is 0.900 bits per heavy atom. The number of benzene rings is 3. The number of anilines is 1. The van der Waals surface area contributed by atoms with Gasteiger partial charge in [0.2, 0.25) is 11.7 Å². The Hall–Kier alpha value is -3.56. The third kappa shape index (κ3) is 6.59. The standard InChI is InChI=1S/C31H38N2O6S/c1-21(34)33-25-10-7-8-11-29(25)40-31(33)24-20-23(35-3)12-13-26(24)39-17-9-15-32(2)16-14-22-18-27(36-4)30(38-6)28(19-22)37-5/h7-8,10-13,18-20,31H,9,14-17H2,1-6H3. The SMILES string of the molecule is COc1ccc(OCCCN(C)CCc2cc(OC)c(OC)c(OC)c2)c(C2Sc3ccccc3N2C(C)=O)c1. The smallest absolute Gasteiger partial charge is 0.225 e. The van der Waals surface area contributed by atoms with Crippen LogP contribution in [0.15, 0.2) is 59.5 Å². The van der Waals surface area contributed by atoms with Crippen LogP contribution in [0, 0.1) is 0 Å². The fourth-order valence-electron chi connectivity index (χ4n) is 4.80. The van der Waals surface area contributed by atoms with Crippen LogP contribution in [0.1, 0.15) is 29.8 Å². The van der Waals surface area contributed by atoms with Crippen molar-refractivity contribution in [2.75, 3.05) is 60.1 Å². The van der Waals surface area contributed by atoms with E-state index in [4.69, 9.17) is 23.7 Å². The van der Waals surface area contributed by atoms with Gasteiger partial charge in [-0.05, 0) is 67.9 Å². The van der Waals surface area contributed by atoms with Crippen LogP contribution in [0.25, 0.3) is 0 Å². The van der Waals surface area contributed by atoms with Crippen molar-refractivity contribution in [2.45, 2.75) is 30.0 Å². The molecule has 1 heterocycles. The quantitative estimate of drug-likeness (QED) is 0.240. The predicted octanol–water partition coefficient (Wildman–Crippen LogP) is 5.82. The van der Waals surface area contributed by atoms with E-state index in [1.54, 1.807) is 47.1 Å². The molecular weight excluding hydrogens is 528 g/mol. The monoisotopic (exact) mass is 566 g/mol. The van der Waals surface area contributed by atoms with Gasteiger partial charge in [0.1, 0.15) is 16.9 Å². The van der Waals surface area contributed by atoms with E-state index >= 15 is 0 Å². The molecule has 1 aliphatic rings. The number of rotatable bonds is 13. The van der Waals surface area contributed by atoms with E-state index in [1.165, 1.54) is 0 Å². The van der Waals surface area contributed by atoms with E-state index < -0.39 is 0 Å². The van der Waals surface area contributed by atoms with Crippen LogP contribution in [-0.2, 0) is 11.2 Å². The lowest BCUT2D eigenvalue weighted by Crippen LogP contribution is -2.28. The first-order chi connectivity index (χ1) is 19.4. The molecule has 214 valence electrons. The minimum absolute atomic E-state index is 0.00931. The number of fused-ring (bicyclic) bond motifs is 1. The average Bonchev–Trinajstić information content (AvgIpc) is 3.37. The molecule has 9 heteroatoms. The fourth-order valence-corrected chi connectivity index (χ4v) is 6.16. The van der Waals surface area contributed by atoms with Gasteiger partial charge >= 0.3 is 0 Å². The van der Waals surface area contributed by atoms with Crippen LogP contribution < -0.4 is 28.6 Å². The molecule has 4 rings (SSSR count). The third-order valence-corrected chi connectivity index (χ3v) is 8.16. The Balaban J connectivity index is 1.36. The lowest BCUT2D eigenvalue weighted by molar-refractivity contribution is -0.116. The highest BCUT2D eigenvalue weighted by molar-refractivity contribution is 8.00. The van der Waals surface area contributed by atoms with Crippen molar-refractivity contribution >= 4 is 23.4 Å². The number of likely N-dealkylation sites (N-methyl/N-ethyl adjacent to an activating group) is 1. The molecule has 0 spiro atoms. The molecule has 0 N–H and O–H groups in total. The molecule has 40 heavy (non-hydrogen) atoms. The van der Waals surface area contributed by atoms with Gasteiger partial charge in [-0.2, -0.15) is 0 Å². The number of carbonyl (C=O) groups is 1. The van der Waals surface area contributed by atoms with Gasteiger partial charge in [-0.25, -0.2) is 0 Å². The summed E-state index contributed by atoms with van der Waals surface area (Å²) in [5, 5.41) is -0.221. The van der Waals surface area contributed by atoms with Gasteiger partial charge in [-0.3, -0.25) is 9.69 Å². The Morgan fingerprint density at radius 2 is 1.62 bits per heavy atom. The van der Waals surface area contributed by atoms with E-state index in [0.29, 0.717) is 23.9 Å². The number of ether oxygens (including phenoxy) is 5. The zero-order valence-corrected chi connectivity index (χ0v) is 24.9. The molecule has 0 aliphatic carbocycles. The summed E-state index contributed by atoms with van der Waals surface area (Å²) in [6.07, 6.45) is 1.70. The molecule has 0 saturated carbocycles. The number of amides is 1. The number of hydrogen-bond acceptors (Lipinski definition) is 8. The van der Waals surface area contributed by atoms with Crippen LogP contribution in [0.4, 0.5) is 5.69 Å². The molecule has 0 aromatic heterocycles. The molecule has 3 aromatic carbocycles. The highest BCUT2D eigenvalue weighted by Gasteiger charge is 2.35. The van der Waals surface area contributed by atoms with Gasteiger partial charge in [-0.1, -0.05) is 23.9 Å². The summed E-state index contributed by atoms with van der Waals surface area (Å²) >= 11 is 1.65. The average molecular weight is 567 g/mol. The number of carbonyl (C=O) groups excluding carboxylic acids is 1. The van der Waals surface area contributed by atoms with E-state index in [-0.39, 0.29) is 11.3 Å². The van der Waals surface area contributed by atoms with Crippen molar-refractivity contribution in [1.82, 2.24) is 4.90 Å². The summed E-state index contributed by atoms with van der Waals surface area (Å²) in [6, 6.07) is 17.8. The largest absolute Gasteiger partial charge is 0.497 e. The van der Waals surface area contributed by atoms with Crippen molar-refractivity contribution in [3.63, 3.8) is 0 Å². The first-order valence-corrected chi connectivity index (χ1v) is 14.1. The summed E-state index contributed by atoms with van der Waals surface area (Å²) < 4.78 is 28.2. The minimum Gasteiger partial charge on any atom is -0.497 e. The van der Waals surface area contributed by atoms with E-state index in [9.17, 15) is 4.79 Å². The van der Waals surface area contributed by atoms with E-state index in [0.717, 1.165) is 59.1 Å². The number of hydrogen-bond donors (Lipinski definition) is 0. The summed E-state index contributed by atoms with van der Waals surface area (Å²) in [4.78, 5) is 17.9. The number of methoxy groups -OCH3 is 4. The Labute approximate surface area is 241 Å². The molecular formula is C31H38N2O6S. The number of nitrogens with zero attached hydrogens (tertiary/aromatic N) is 2. The van der Waals surface area contributed by atoms with Crippen LogP contribution >= 0.6 is 11.8 Å². The normalized spacial score (nSPS) is 14.2. The zero-order chi connectivity index (χ0) is 28.6. The molecule has 8 nitrogen and oxygen atoms in total. The lowest BCUT2D eigenvalue weighted by Gasteiger charge is -2.26. The highest BCUT2D eigenvalue weighted by Crippen LogP contribution is 2.53. The van der Waals surface area contributed by atoms with Gasteiger partial charge in [0.25, 0.3) is 0 Å². The predicted molar refractivity (Wildman–Crippen MR) is 159 cm³/mol. The summed E-state index contributed by atoms with van der Waals surface area (Å²) in [5.74, 6) is 3.41. The van der Waals surface area contributed by atoms with E-state index in [1.807, 2.05) is 59.5 Å². The maximum atomic E-state index is 12.7. The second-order valence-electron chi connectivity index (χ2n) is 9.52. The van der Waals surface area contributed by atoms with Crippen LogP contribution in [0.3, 0.4) is 0 Å². The van der Waals surface area contributed by atoms with Gasteiger partial charge < -0.3 is 28.6 Å². The Bertz CT molecular complexity index is 1290. The van der Waals surface area contributed by atoms with Crippen molar-refractivity contribution in [1.29, 1.82) is 0 Å². The van der Waals surface area contributed by atoms with Gasteiger partial charge in [0, 0.05) is 30.5 Å². The fraction of sp³-hybridized carbons (Fsp3) is 0.387. The maximum absolute atomic E-state index is 12.7. The molecule has 0 fully saturated rings. The summed E-state index contributed by atoms with van der Waals surface area (Å²) in [7, 11) is 8.61. The molecule has 0 saturated heterocycles. The second kappa shape index (κ2) is 13.7.